The van der Waals surface area contributed by atoms with Gasteiger partial charge in [-0.2, -0.15) is 5.26 Å². The molecule has 0 aliphatic rings. The van der Waals surface area contributed by atoms with E-state index in [-0.39, 0.29) is 11.1 Å². The van der Waals surface area contributed by atoms with Crippen molar-refractivity contribution in [2.75, 3.05) is 20.7 Å². The molecule has 1 aromatic rings. The Morgan fingerprint density at radius 3 is 2.76 bits per heavy atom. The Labute approximate surface area is 105 Å². The molecule has 0 saturated carbocycles. The zero-order valence-electron chi connectivity index (χ0n) is 9.78. The average molecular weight is 257 g/mol. The summed E-state index contributed by atoms with van der Waals surface area (Å²) in [7, 11) is 3.75. The first kappa shape index (κ1) is 13.8. The van der Waals surface area contributed by atoms with Gasteiger partial charge < -0.3 is 9.64 Å². The number of rotatable bonds is 5. The summed E-state index contributed by atoms with van der Waals surface area (Å²) < 4.78 is 18.3. The molecule has 0 N–H and O–H groups in total. The Hall–Kier alpha value is -1.31. The van der Waals surface area contributed by atoms with Crippen LogP contribution in [0.3, 0.4) is 0 Å². The van der Waals surface area contributed by atoms with Crippen molar-refractivity contribution in [3.8, 4) is 11.8 Å². The predicted molar refractivity (Wildman–Crippen MR) is 64.6 cm³/mol. The summed E-state index contributed by atoms with van der Waals surface area (Å²) >= 11 is 5.83. The van der Waals surface area contributed by atoms with E-state index in [4.69, 9.17) is 21.6 Å². The largest absolute Gasteiger partial charge is 0.490 e. The Morgan fingerprint density at radius 1 is 1.53 bits per heavy atom. The van der Waals surface area contributed by atoms with Gasteiger partial charge in [-0.15, -0.1) is 0 Å². The number of halogens is 2. The molecule has 0 aliphatic heterocycles. The maximum absolute atomic E-state index is 12.8. The molecule has 1 unspecified atom stereocenters. The summed E-state index contributed by atoms with van der Waals surface area (Å²) in [6.45, 7) is 0.339. The van der Waals surface area contributed by atoms with Crippen LogP contribution in [0, 0.1) is 17.1 Å². The maximum atomic E-state index is 12.8. The Morgan fingerprint density at radius 2 is 2.24 bits per heavy atom. The lowest BCUT2D eigenvalue weighted by Gasteiger charge is -2.22. The van der Waals surface area contributed by atoms with Gasteiger partial charge in [0.25, 0.3) is 0 Å². The molecule has 92 valence electrons. The van der Waals surface area contributed by atoms with E-state index in [0.29, 0.717) is 18.8 Å². The van der Waals surface area contributed by atoms with Gasteiger partial charge in [0.1, 0.15) is 18.2 Å². The molecule has 0 radical (unpaired) electrons. The van der Waals surface area contributed by atoms with E-state index in [1.807, 2.05) is 19.0 Å². The van der Waals surface area contributed by atoms with Gasteiger partial charge in [-0.25, -0.2) is 4.39 Å². The van der Waals surface area contributed by atoms with Crippen LogP contribution in [0.25, 0.3) is 0 Å². The van der Waals surface area contributed by atoms with Crippen molar-refractivity contribution >= 4 is 11.6 Å². The molecule has 1 rings (SSSR count). The lowest BCUT2D eigenvalue weighted by molar-refractivity contribution is 0.188. The van der Waals surface area contributed by atoms with Gasteiger partial charge in [0.2, 0.25) is 0 Å². The topological polar surface area (TPSA) is 36.3 Å². The molecule has 3 nitrogen and oxygen atoms in total. The van der Waals surface area contributed by atoms with Crippen molar-refractivity contribution in [3.05, 3.63) is 29.0 Å². The van der Waals surface area contributed by atoms with Crippen LogP contribution in [0.15, 0.2) is 18.2 Å². The lowest BCUT2D eigenvalue weighted by Crippen LogP contribution is -2.33. The highest BCUT2D eigenvalue weighted by Crippen LogP contribution is 2.25. The summed E-state index contributed by atoms with van der Waals surface area (Å²) in [5.41, 5.74) is 0. The van der Waals surface area contributed by atoms with Crippen LogP contribution in [0.2, 0.25) is 5.02 Å². The summed E-state index contributed by atoms with van der Waals surface area (Å²) in [5, 5.41) is 8.90. The van der Waals surface area contributed by atoms with Gasteiger partial charge in [-0.05, 0) is 32.3 Å². The third-order valence-electron chi connectivity index (χ3n) is 2.38. The second-order valence-corrected chi connectivity index (χ2v) is 4.27. The Bertz CT molecular complexity index is 417. The molecule has 0 aromatic heterocycles. The molecule has 0 saturated heterocycles. The molecule has 1 aromatic carbocycles. The van der Waals surface area contributed by atoms with Crippen molar-refractivity contribution < 1.29 is 9.13 Å². The summed E-state index contributed by atoms with van der Waals surface area (Å²) in [5.74, 6) is 0.0291. The van der Waals surface area contributed by atoms with Gasteiger partial charge in [-0.1, -0.05) is 11.6 Å². The SMILES string of the molecule is CN(C)C(CC#N)COc1ccc(F)cc1Cl. The summed E-state index contributed by atoms with van der Waals surface area (Å²) in [4.78, 5) is 1.90. The molecule has 0 spiro atoms. The van der Waals surface area contributed by atoms with Crippen LogP contribution < -0.4 is 4.74 Å². The normalized spacial score (nSPS) is 12.2. The first-order valence-electron chi connectivity index (χ1n) is 5.16. The van der Waals surface area contributed by atoms with Crippen LogP contribution in [0.5, 0.6) is 5.75 Å². The van der Waals surface area contributed by atoms with Crippen LogP contribution in [-0.4, -0.2) is 31.6 Å². The fourth-order valence-electron chi connectivity index (χ4n) is 1.27. The van der Waals surface area contributed by atoms with Gasteiger partial charge in [0, 0.05) is 0 Å². The average Bonchev–Trinajstić information content (AvgIpc) is 2.25. The maximum Gasteiger partial charge on any atom is 0.138 e. The fourth-order valence-corrected chi connectivity index (χ4v) is 1.50. The smallest absolute Gasteiger partial charge is 0.138 e. The van der Waals surface area contributed by atoms with Crippen LogP contribution in [0.4, 0.5) is 4.39 Å². The standard InChI is InChI=1S/C12H14ClFN2O/c1-16(2)10(5-6-15)8-17-12-4-3-9(14)7-11(12)13/h3-4,7,10H,5,8H2,1-2H3. The zero-order valence-corrected chi connectivity index (χ0v) is 10.5. The Balaban J connectivity index is 2.62. The summed E-state index contributed by atoms with van der Waals surface area (Å²) in [6.07, 6.45) is 0.367. The summed E-state index contributed by atoms with van der Waals surface area (Å²) in [6, 6.07) is 6.05. The third kappa shape index (κ3) is 4.22. The van der Waals surface area contributed by atoms with Gasteiger partial charge in [0.15, 0.2) is 0 Å². The van der Waals surface area contributed by atoms with Crippen molar-refractivity contribution in [2.24, 2.45) is 0 Å². The second-order valence-electron chi connectivity index (χ2n) is 3.87. The van der Waals surface area contributed by atoms with Crippen LogP contribution >= 0.6 is 11.6 Å². The quantitative estimate of drug-likeness (QED) is 0.813. The number of hydrogen-bond acceptors (Lipinski definition) is 3. The number of hydrogen-bond donors (Lipinski definition) is 0. The number of nitrogens with zero attached hydrogens (tertiary/aromatic N) is 2. The highest BCUT2D eigenvalue weighted by atomic mass is 35.5. The second kappa shape index (κ2) is 6.43. The van der Waals surface area contributed by atoms with Crippen molar-refractivity contribution in [1.29, 1.82) is 5.26 Å². The predicted octanol–water partition coefficient (Wildman–Crippen LogP) is 2.70. The monoisotopic (exact) mass is 256 g/mol. The minimum atomic E-state index is -0.400. The van der Waals surface area contributed by atoms with Crippen LogP contribution in [0.1, 0.15) is 6.42 Å². The molecule has 0 fully saturated rings. The van der Waals surface area contributed by atoms with Crippen molar-refractivity contribution in [2.45, 2.75) is 12.5 Å². The third-order valence-corrected chi connectivity index (χ3v) is 2.68. The van der Waals surface area contributed by atoms with E-state index in [1.165, 1.54) is 18.2 Å². The molecule has 5 heteroatoms. The van der Waals surface area contributed by atoms with Gasteiger partial charge >= 0.3 is 0 Å². The van der Waals surface area contributed by atoms with Gasteiger partial charge in [0.05, 0.1) is 23.6 Å². The van der Waals surface area contributed by atoms with E-state index < -0.39 is 5.82 Å². The van der Waals surface area contributed by atoms with E-state index in [1.54, 1.807) is 0 Å². The molecule has 0 amide bonds. The first-order chi connectivity index (χ1) is 8.04. The van der Waals surface area contributed by atoms with Crippen molar-refractivity contribution in [1.82, 2.24) is 4.90 Å². The molecule has 17 heavy (non-hydrogen) atoms. The number of ether oxygens (including phenoxy) is 1. The molecule has 0 bridgehead atoms. The van der Waals surface area contributed by atoms with Crippen LogP contribution in [-0.2, 0) is 0 Å². The highest BCUT2D eigenvalue weighted by Gasteiger charge is 2.13. The molecule has 1 atom stereocenters. The lowest BCUT2D eigenvalue weighted by atomic mass is 10.2. The zero-order chi connectivity index (χ0) is 12.8. The molecule has 0 aliphatic carbocycles. The Kier molecular flexibility index (Phi) is 5.20. The highest BCUT2D eigenvalue weighted by molar-refractivity contribution is 6.32. The first-order valence-corrected chi connectivity index (χ1v) is 5.53. The minimum absolute atomic E-state index is 0.0129. The molecule has 0 heterocycles. The minimum Gasteiger partial charge on any atom is -0.490 e. The molecular weight excluding hydrogens is 243 g/mol. The van der Waals surface area contributed by atoms with E-state index in [9.17, 15) is 4.39 Å². The number of likely N-dealkylation sites (N-methyl/N-ethyl adjacent to an activating group) is 1. The molecular formula is C12H14ClFN2O. The number of benzene rings is 1. The number of nitriles is 1. The van der Waals surface area contributed by atoms with Gasteiger partial charge in [-0.3, -0.25) is 0 Å². The van der Waals surface area contributed by atoms with E-state index >= 15 is 0 Å². The van der Waals surface area contributed by atoms with E-state index in [0.717, 1.165) is 0 Å². The van der Waals surface area contributed by atoms with Crippen molar-refractivity contribution in [3.63, 3.8) is 0 Å². The van der Waals surface area contributed by atoms with E-state index in [2.05, 4.69) is 6.07 Å². The fraction of sp³-hybridized carbons (Fsp3) is 0.417.